The third-order valence-corrected chi connectivity index (χ3v) is 4.43. The van der Waals surface area contributed by atoms with E-state index in [4.69, 9.17) is 28.9 Å². The predicted octanol–water partition coefficient (Wildman–Crippen LogP) is 1.44. The van der Waals surface area contributed by atoms with Crippen molar-refractivity contribution in [1.82, 2.24) is 15.2 Å². The van der Waals surface area contributed by atoms with Crippen LogP contribution in [0.15, 0.2) is 29.4 Å². The maximum atomic E-state index is 12.2. The largest absolute Gasteiger partial charge is 0.326 e. The minimum Gasteiger partial charge on any atom is -0.326 e. The fourth-order valence-electron chi connectivity index (χ4n) is 1.43. The molecule has 2 aromatic rings. The van der Waals surface area contributed by atoms with E-state index in [0.29, 0.717) is 5.56 Å². The van der Waals surface area contributed by atoms with Gasteiger partial charge in [-0.1, -0.05) is 23.2 Å². The second-order valence-corrected chi connectivity index (χ2v) is 6.12. The molecule has 0 fully saturated rings. The van der Waals surface area contributed by atoms with Gasteiger partial charge in [0.15, 0.2) is 0 Å². The maximum Gasteiger partial charge on any atom is 0.265 e. The molecule has 1 aromatic carbocycles. The molecule has 106 valence electrons. The van der Waals surface area contributed by atoms with Crippen molar-refractivity contribution in [2.45, 2.75) is 11.4 Å². The van der Waals surface area contributed by atoms with E-state index < -0.39 is 10.0 Å². The number of anilines is 1. The van der Waals surface area contributed by atoms with Crippen LogP contribution in [0.5, 0.6) is 0 Å². The summed E-state index contributed by atoms with van der Waals surface area (Å²) in [6.07, 6.45) is 2.62. The Kier molecular flexibility index (Phi) is 4.39. The van der Waals surface area contributed by atoms with Crippen molar-refractivity contribution < 1.29 is 8.42 Å². The van der Waals surface area contributed by atoms with E-state index in [1.54, 1.807) is 0 Å². The number of nitrogens with one attached hydrogen (secondary N) is 1. The molecule has 0 atom stereocenters. The van der Waals surface area contributed by atoms with Crippen molar-refractivity contribution in [1.29, 1.82) is 0 Å². The Hall–Kier alpha value is -1.48. The number of benzene rings is 1. The highest BCUT2D eigenvalue weighted by molar-refractivity contribution is 7.92. The molecule has 0 spiro atoms. The van der Waals surface area contributed by atoms with Crippen molar-refractivity contribution in [2.24, 2.45) is 5.73 Å². The van der Waals surface area contributed by atoms with Crippen molar-refractivity contribution in [2.75, 3.05) is 4.72 Å². The van der Waals surface area contributed by atoms with Gasteiger partial charge in [-0.05, 0) is 17.7 Å². The minimum absolute atomic E-state index is 0.00768. The summed E-state index contributed by atoms with van der Waals surface area (Å²) in [6, 6.07) is 2.73. The molecule has 3 N–H and O–H groups in total. The lowest BCUT2D eigenvalue weighted by Gasteiger charge is -2.11. The fraction of sp³-hybridized carbons (Fsp3) is 0.100. The van der Waals surface area contributed by atoms with E-state index in [9.17, 15) is 8.42 Å². The molecule has 1 heterocycles. The summed E-state index contributed by atoms with van der Waals surface area (Å²) >= 11 is 11.9. The Morgan fingerprint density at radius 3 is 2.60 bits per heavy atom. The summed E-state index contributed by atoms with van der Waals surface area (Å²) in [5.41, 5.74) is 5.91. The van der Waals surface area contributed by atoms with Crippen LogP contribution in [-0.4, -0.2) is 23.6 Å². The molecule has 7 nitrogen and oxygen atoms in total. The van der Waals surface area contributed by atoms with E-state index in [-0.39, 0.29) is 27.4 Å². The van der Waals surface area contributed by atoms with Crippen molar-refractivity contribution in [3.8, 4) is 0 Å². The van der Waals surface area contributed by atoms with Gasteiger partial charge in [-0.15, -0.1) is 5.10 Å². The van der Waals surface area contributed by atoms with E-state index in [1.165, 1.54) is 24.5 Å². The summed E-state index contributed by atoms with van der Waals surface area (Å²) < 4.78 is 26.6. The zero-order valence-corrected chi connectivity index (χ0v) is 12.2. The van der Waals surface area contributed by atoms with Gasteiger partial charge in [-0.25, -0.2) is 18.1 Å². The average Bonchev–Trinajstić information content (AvgIpc) is 2.41. The zero-order valence-electron chi connectivity index (χ0n) is 9.92. The van der Waals surface area contributed by atoms with E-state index in [0.717, 1.165) is 0 Å². The highest BCUT2D eigenvalue weighted by Crippen LogP contribution is 2.30. The van der Waals surface area contributed by atoms with E-state index in [1.807, 2.05) is 0 Å². The van der Waals surface area contributed by atoms with Crippen molar-refractivity contribution in [3.63, 3.8) is 0 Å². The first kappa shape index (κ1) is 14.9. The standard InChI is InChI=1S/C10H9Cl2N5O2S/c11-7-3-6(5-13)9(12)8(4-7)20(18,19)17-10-14-1-2-15-16-10/h1-4H,5,13H2,(H,14,16,17). The average molecular weight is 334 g/mol. The van der Waals surface area contributed by atoms with Gasteiger partial charge >= 0.3 is 0 Å². The van der Waals surface area contributed by atoms with Gasteiger partial charge in [0.05, 0.1) is 17.4 Å². The van der Waals surface area contributed by atoms with Crippen LogP contribution in [0, 0.1) is 0 Å². The first-order chi connectivity index (χ1) is 9.44. The molecule has 20 heavy (non-hydrogen) atoms. The van der Waals surface area contributed by atoms with Crippen LogP contribution < -0.4 is 10.5 Å². The molecule has 1 aromatic heterocycles. The lowest BCUT2D eigenvalue weighted by Crippen LogP contribution is -2.16. The zero-order chi connectivity index (χ0) is 14.8. The highest BCUT2D eigenvalue weighted by Gasteiger charge is 2.22. The second kappa shape index (κ2) is 5.88. The molecular formula is C10H9Cl2N5O2S. The molecule has 0 saturated carbocycles. The first-order valence-electron chi connectivity index (χ1n) is 5.28. The molecule has 10 heteroatoms. The van der Waals surface area contributed by atoms with Crippen molar-refractivity contribution >= 4 is 39.2 Å². The summed E-state index contributed by atoms with van der Waals surface area (Å²) in [7, 11) is -3.99. The number of sulfonamides is 1. The number of aromatic nitrogens is 3. The van der Waals surface area contributed by atoms with Crippen LogP contribution in [0.25, 0.3) is 0 Å². The molecule has 0 saturated heterocycles. The Morgan fingerprint density at radius 1 is 1.25 bits per heavy atom. The van der Waals surface area contributed by atoms with Gasteiger partial charge in [0, 0.05) is 11.6 Å². The van der Waals surface area contributed by atoms with Crippen LogP contribution in [0.3, 0.4) is 0 Å². The maximum absolute atomic E-state index is 12.2. The quantitative estimate of drug-likeness (QED) is 0.875. The van der Waals surface area contributed by atoms with Crippen LogP contribution in [0.1, 0.15) is 5.56 Å². The molecular weight excluding hydrogens is 325 g/mol. The Balaban J connectivity index is 2.47. The van der Waals surface area contributed by atoms with Crippen LogP contribution in [0.4, 0.5) is 5.95 Å². The second-order valence-electron chi connectivity index (χ2n) is 3.65. The molecule has 0 unspecified atom stereocenters. The summed E-state index contributed by atoms with van der Waals surface area (Å²) in [5, 5.41) is 7.27. The number of hydrogen-bond donors (Lipinski definition) is 2. The smallest absolute Gasteiger partial charge is 0.265 e. The predicted molar refractivity (Wildman–Crippen MR) is 75.0 cm³/mol. The molecule has 0 aliphatic carbocycles. The van der Waals surface area contributed by atoms with Crippen LogP contribution >= 0.6 is 23.2 Å². The van der Waals surface area contributed by atoms with Gasteiger partial charge in [0.2, 0.25) is 0 Å². The van der Waals surface area contributed by atoms with E-state index >= 15 is 0 Å². The normalized spacial score (nSPS) is 11.3. The van der Waals surface area contributed by atoms with Crippen molar-refractivity contribution in [3.05, 3.63) is 40.1 Å². The topological polar surface area (TPSA) is 111 Å². The number of rotatable bonds is 4. The Labute approximate surface area is 125 Å². The molecule has 0 aliphatic rings. The summed E-state index contributed by atoms with van der Waals surface area (Å²) in [4.78, 5) is 3.52. The fourth-order valence-corrected chi connectivity index (χ4v) is 3.32. The minimum atomic E-state index is -3.99. The van der Waals surface area contributed by atoms with Gasteiger partial charge in [-0.3, -0.25) is 0 Å². The van der Waals surface area contributed by atoms with Gasteiger partial charge in [0.1, 0.15) is 4.90 Å². The number of nitrogens with two attached hydrogens (primary N) is 1. The number of nitrogens with zero attached hydrogens (tertiary/aromatic N) is 3. The first-order valence-corrected chi connectivity index (χ1v) is 7.52. The van der Waals surface area contributed by atoms with Crippen LogP contribution in [-0.2, 0) is 16.6 Å². The highest BCUT2D eigenvalue weighted by atomic mass is 35.5. The number of hydrogen-bond acceptors (Lipinski definition) is 6. The van der Waals surface area contributed by atoms with E-state index in [2.05, 4.69) is 19.9 Å². The SMILES string of the molecule is NCc1cc(Cl)cc(S(=O)(=O)Nc2nccnn2)c1Cl. The summed E-state index contributed by atoms with van der Waals surface area (Å²) in [5.74, 6) is -0.169. The third kappa shape index (κ3) is 3.15. The Morgan fingerprint density at radius 2 is 2.00 bits per heavy atom. The molecule has 0 amide bonds. The molecule has 0 bridgehead atoms. The van der Waals surface area contributed by atoms with Gasteiger partial charge in [0.25, 0.3) is 16.0 Å². The molecule has 0 radical (unpaired) electrons. The monoisotopic (exact) mass is 333 g/mol. The molecule has 2 rings (SSSR count). The van der Waals surface area contributed by atoms with Crippen LogP contribution in [0.2, 0.25) is 10.0 Å². The number of halogens is 2. The third-order valence-electron chi connectivity index (χ3n) is 2.30. The summed E-state index contributed by atoms with van der Waals surface area (Å²) in [6.45, 7) is 0.0608. The van der Waals surface area contributed by atoms with Gasteiger partial charge < -0.3 is 5.73 Å². The van der Waals surface area contributed by atoms with Gasteiger partial charge in [-0.2, -0.15) is 5.10 Å². The lowest BCUT2D eigenvalue weighted by atomic mass is 10.2. The lowest BCUT2D eigenvalue weighted by molar-refractivity contribution is 0.600. The molecule has 0 aliphatic heterocycles. The Bertz CT molecular complexity index is 724.